The van der Waals surface area contributed by atoms with Crippen molar-refractivity contribution in [1.82, 2.24) is 0 Å². The van der Waals surface area contributed by atoms with Gasteiger partial charge in [-0.2, -0.15) is 10.3 Å². The van der Waals surface area contributed by atoms with Crippen LogP contribution in [0.2, 0.25) is 0 Å². The zero-order valence-corrected chi connectivity index (χ0v) is 7.10. The maximum Gasteiger partial charge on any atom is 0.297 e. The Morgan fingerprint density at radius 1 is 1.53 bits per heavy atom. The Bertz CT molecular complexity index is 515. The largest absolute Gasteiger partial charge is 0.297 e. The van der Waals surface area contributed by atoms with Crippen molar-refractivity contribution in [3.8, 4) is 6.07 Å². The molecule has 15 heavy (non-hydrogen) atoms. The van der Waals surface area contributed by atoms with Gasteiger partial charge in [-0.3, -0.25) is 10.1 Å². The summed E-state index contributed by atoms with van der Waals surface area (Å²) in [6.45, 7) is 0. The van der Waals surface area contributed by atoms with Crippen LogP contribution in [-0.2, 0) is 4.79 Å². The molecule has 74 valence electrons. The van der Waals surface area contributed by atoms with Crippen molar-refractivity contribution >= 4 is 17.5 Å². The molecule has 0 aliphatic heterocycles. The fourth-order valence-corrected chi connectivity index (χ4v) is 0.922. The summed E-state index contributed by atoms with van der Waals surface area (Å²) >= 11 is 0. The van der Waals surface area contributed by atoms with Gasteiger partial charge in [0.15, 0.2) is 5.69 Å². The van der Waals surface area contributed by atoms with Gasteiger partial charge in [0.2, 0.25) is 6.08 Å². The zero-order valence-electron chi connectivity index (χ0n) is 7.10. The molecule has 6 nitrogen and oxygen atoms in total. The number of nitro benzene ring substituents is 1. The topological polar surface area (TPSA) is 96.4 Å². The summed E-state index contributed by atoms with van der Waals surface area (Å²) in [5.74, 6) is -0.975. The molecule has 7 heteroatoms. The lowest BCUT2D eigenvalue weighted by molar-refractivity contribution is -0.384. The highest BCUT2D eigenvalue weighted by Crippen LogP contribution is 2.29. The molecule has 0 spiro atoms. The van der Waals surface area contributed by atoms with Gasteiger partial charge in [-0.1, -0.05) is 0 Å². The standard InChI is InChI=1S/C8H2FN3O3/c9-6-2-7(11-4-13)8(12(14)15)1-5(6)3-10/h1-2H. The molecule has 0 aromatic heterocycles. The number of aliphatic imine (C=N–C) groups is 1. The molecular formula is C8H2FN3O3. The minimum atomic E-state index is -0.975. The van der Waals surface area contributed by atoms with Gasteiger partial charge in [0, 0.05) is 12.1 Å². The van der Waals surface area contributed by atoms with Crippen molar-refractivity contribution in [2.24, 2.45) is 4.99 Å². The summed E-state index contributed by atoms with van der Waals surface area (Å²) in [4.78, 5) is 22.5. The number of nitro groups is 1. The first-order valence-electron chi connectivity index (χ1n) is 3.56. The highest BCUT2D eigenvalue weighted by molar-refractivity contribution is 5.64. The molecule has 0 unspecified atom stereocenters. The molecule has 0 N–H and O–H groups in total. The number of carbonyl (C=O) groups excluding carboxylic acids is 1. The fourth-order valence-electron chi connectivity index (χ4n) is 0.922. The lowest BCUT2D eigenvalue weighted by Gasteiger charge is -1.97. The van der Waals surface area contributed by atoms with Crippen LogP contribution in [0.25, 0.3) is 0 Å². The normalized spacial score (nSPS) is 8.80. The number of nitrogens with zero attached hydrogens (tertiary/aromatic N) is 3. The van der Waals surface area contributed by atoms with Crippen LogP contribution < -0.4 is 0 Å². The van der Waals surface area contributed by atoms with Crippen molar-refractivity contribution in [2.45, 2.75) is 0 Å². The van der Waals surface area contributed by atoms with Crippen molar-refractivity contribution in [3.63, 3.8) is 0 Å². The second kappa shape index (κ2) is 4.09. The van der Waals surface area contributed by atoms with Crippen LogP contribution in [0.5, 0.6) is 0 Å². The fraction of sp³-hybridized carbons (Fsp3) is 0. The SMILES string of the molecule is N#Cc1cc([N+](=O)[O-])c(N=C=O)cc1F. The zero-order chi connectivity index (χ0) is 11.4. The average molecular weight is 207 g/mol. The molecule has 0 atom stereocenters. The van der Waals surface area contributed by atoms with Crippen molar-refractivity contribution in [2.75, 3.05) is 0 Å². The highest BCUT2D eigenvalue weighted by atomic mass is 19.1. The van der Waals surface area contributed by atoms with Gasteiger partial charge in [-0.15, -0.1) is 0 Å². The summed E-state index contributed by atoms with van der Waals surface area (Å²) in [5, 5.41) is 18.9. The van der Waals surface area contributed by atoms with Crippen LogP contribution in [0.1, 0.15) is 5.56 Å². The van der Waals surface area contributed by atoms with E-state index >= 15 is 0 Å². The number of benzene rings is 1. The predicted molar refractivity (Wildman–Crippen MR) is 45.6 cm³/mol. The van der Waals surface area contributed by atoms with Crippen molar-refractivity contribution in [3.05, 3.63) is 33.6 Å². The number of hydrogen-bond acceptors (Lipinski definition) is 5. The molecule has 0 saturated carbocycles. The number of isocyanates is 1. The second-order valence-corrected chi connectivity index (χ2v) is 2.39. The first-order chi connectivity index (χ1) is 7.10. The van der Waals surface area contributed by atoms with E-state index in [9.17, 15) is 19.3 Å². The van der Waals surface area contributed by atoms with Crippen LogP contribution in [0.4, 0.5) is 15.8 Å². The molecule has 1 aromatic rings. The Kier molecular flexibility index (Phi) is 2.86. The molecule has 0 aliphatic rings. The van der Waals surface area contributed by atoms with Gasteiger partial charge in [0.25, 0.3) is 5.69 Å². The molecular weight excluding hydrogens is 205 g/mol. The third-order valence-electron chi connectivity index (χ3n) is 1.55. The minimum absolute atomic E-state index is 0.466. The predicted octanol–water partition coefficient (Wildman–Crippen LogP) is 1.57. The van der Waals surface area contributed by atoms with Gasteiger partial charge < -0.3 is 0 Å². The Morgan fingerprint density at radius 2 is 2.20 bits per heavy atom. The lowest BCUT2D eigenvalue weighted by atomic mass is 10.2. The summed E-state index contributed by atoms with van der Waals surface area (Å²) < 4.78 is 13.0. The Morgan fingerprint density at radius 3 is 2.67 bits per heavy atom. The highest BCUT2D eigenvalue weighted by Gasteiger charge is 2.17. The first-order valence-corrected chi connectivity index (χ1v) is 3.56. The molecule has 0 amide bonds. The van der Waals surface area contributed by atoms with E-state index in [0.29, 0.717) is 12.1 Å². The van der Waals surface area contributed by atoms with Crippen LogP contribution >= 0.6 is 0 Å². The molecule has 1 aromatic carbocycles. The van der Waals surface area contributed by atoms with Crippen LogP contribution in [0.15, 0.2) is 17.1 Å². The average Bonchev–Trinajstić information content (AvgIpc) is 2.18. The molecule has 1 rings (SSSR count). The summed E-state index contributed by atoms with van der Waals surface area (Å²) in [6, 6.07) is 2.79. The van der Waals surface area contributed by atoms with E-state index in [4.69, 9.17) is 5.26 Å². The second-order valence-electron chi connectivity index (χ2n) is 2.39. The van der Waals surface area contributed by atoms with Gasteiger partial charge in [-0.25, -0.2) is 9.18 Å². The molecule has 0 bridgehead atoms. The third kappa shape index (κ3) is 2.02. The van der Waals surface area contributed by atoms with E-state index in [1.165, 1.54) is 6.07 Å². The van der Waals surface area contributed by atoms with E-state index in [1.54, 1.807) is 0 Å². The third-order valence-corrected chi connectivity index (χ3v) is 1.55. The Balaban J connectivity index is 3.53. The first kappa shape index (κ1) is 10.5. The van der Waals surface area contributed by atoms with Crippen molar-refractivity contribution < 1.29 is 14.1 Å². The van der Waals surface area contributed by atoms with E-state index in [0.717, 1.165) is 6.08 Å². The van der Waals surface area contributed by atoms with Gasteiger partial charge >= 0.3 is 0 Å². The minimum Gasteiger partial charge on any atom is -0.258 e. The van der Waals surface area contributed by atoms with Gasteiger partial charge in [0.05, 0.1) is 10.5 Å². The van der Waals surface area contributed by atoms with Crippen molar-refractivity contribution in [1.29, 1.82) is 5.26 Å². The maximum absolute atomic E-state index is 13.0. The molecule has 0 fully saturated rings. The number of halogens is 1. The van der Waals surface area contributed by atoms with E-state index in [1.807, 2.05) is 0 Å². The van der Waals surface area contributed by atoms with Crippen LogP contribution in [0.3, 0.4) is 0 Å². The molecule has 0 radical (unpaired) electrons. The summed E-state index contributed by atoms with van der Waals surface area (Å²) in [5.41, 5.74) is -1.56. The summed E-state index contributed by atoms with van der Waals surface area (Å²) in [7, 11) is 0. The lowest BCUT2D eigenvalue weighted by Crippen LogP contribution is -1.92. The number of nitriles is 1. The van der Waals surface area contributed by atoms with Crippen LogP contribution in [-0.4, -0.2) is 11.0 Å². The Labute approximate surface area is 82.4 Å². The quantitative estimate of drug-likeness (QED) is 0.318. The monoisotopic (exact) mass is 207 g/mol. The van der Waals surface area contributed by atoms with E-state index in [2.05, 4.69) is 4.99 Å². The van der Waals surface area contributed by atoms with E-state index in [-0.39, 0.29) is 0 Å². The van der Waals surface area contributed by atoms with Gasteiger partial charge in [-0.05, 0) is 0 Å². The molecule has 0 aliphatic carbocycles. The number of rotatable bonds is 2. The Hall–Kier alpha value is -2.58. The maximum atomic E-state index is 13.0. The van der Waals surface area contributed by atoms with E-state index < -0.39 is 27.7 Å². The van der Waals surface area contributed by atoms with Crippen LogP contribution in [0, 0.1) is 27.3 Å². The smallest absolute Gasteiger partial charge is 0.258 e. The number of hydrogen-bond donors (Lipinski definition) is 0. The van der Waals surface area contributed by atoms with Gasteiger partial charge in [0.1, 0.15) is 11.9 Å². The molecule has 0 heterocycles. The molecule has 0 saturated heterocycles. The summed E-state index contributed by atoms with van der Waals surface area (Å²) in [6.07, 6.45) is 1.06.